The van der Waals surface area contributed by atoms with Crippen LogP contribution in [0.25, 0.3) is 10.6 Å². The van der Waals surface area contributed by atoms with E-state index in [0.717, 1.165) is 35.1 Å². The molecule has 136 valence electrons. The molecule has 0 aliphatic carbocycles. The molecule has 5 rings (SSSR count). The molecule has 2 bridgehead atoms. The number of aromatic nitrogens is 1. The number of nitrogens with one attached hydrogen (secondary N) is 1. The monoisotopic (exact) mass is 371 g/mol. The Balaban J connectivity index is 1.54. The molecule has 3 aliphatic heterocycles. The number of hydrogen-bond acceptors (Lipinski definition) is 7. The Bertz CT molecular complexity index is 844. The summed E-state index contributed by atoms with van der Waals surface area (Å²) >= 11 is 1.53. The van der Waals surface area contributed by atoms with Gasteiger partial charge in [-0.1, -0.05) is 0 Å². The van der Waals surface area contributed by atoms with Crippen LogP contribution < -0.4 is 20.7 Å². The first-order valence-corrected chi connectivity index (χ1v) is 9.75. The summed E-state index contributed by atoms with van der Waals surface area (Å²) in [6.07, 6.45) is 4.03. The Labute approximate surface area is 155 Å². The molecular weight excluding hydrogens is 350 g/mol. The molecule has 3 aliphatic rings. The standard InChI is InChI=1S/C18H21N5O2S/c1-22-14-7-10(16(19)24)6-13(17-20-4-5-26-17)15(14)25-18(22)23-8-11-2-3-12(9-23)21-11/h4-7,11-12,18,21H,2-3,8-9H2,1H3,(H2,19,24). The summed E-state index contributed by atoms with van der Waals surface area (Å²) < 4.78 is 6.41. The molecule has 1 amide bonds. The van der Waals surface area contributed by atoms with E-state index in [1.807, 2.05) is 18.5 Å². The van der Waals surface area contributed by atoms with Crippen molar-refractivity contribution in [1.82, 2.24) is 15.2 Å². The summed E-state index contributed by atoms with van der Waals surface area (Å²) in [6.45, 7) is 1.93. The Morgan fingerprint density at radius 1 is 1.35 bits per heavy atom. The maximum atomic E-state index is 11.8. The normalized spacial score (nSPS) is 27.4. The van der Waals surface area contributed by atoms with Gasteiger partial charge >= 0.3 is 0 Å². The number of piperazine rings is 1. The number of likely N-dealkylation sites (tertiary alicyclic amines) is 1. The zero-order valence-electron chi connectivity index (χ0n) is 14.5. The minimum atomic E-state index is -0.442. The van der Waals surface area contributed by atoms with Crippen LogP contribution in [-0.2, 0) is 0 Å². The van der Waals surface area contributed by atoms with E-state index in [9.17, 15) is 4.79 Å². The number of thiazole rings is 1. The first-order chi connectivity index (χ1) is 12.6. The van der Waals surface area contributed by atoms with Crippen LogP contribution in [0.3, 0.4) is 0 Å². The van der Waals surface area contributed by atoms with Gasteiger partial charge in [0, 0.05) is 49.4 Å². The number of nitrogens with two attached hydrogens (primary N) is 1. The molecule has 4 heterocycles. The van der Waals surface area contributed by atoms with Crippen molar-refractivity contribution in [2.24, 2.45) is 5.73 Å². The van der Waals surface area contributed by atoms with Crippen LogP contribution in [0.4, 0.5) is 5.69 Å². The lowest BCUT2D eigenvalue weighted by molar-refractivity contribution is 0.0188. The molecule has 1 aromatic heterocycles. The highest BCUT2D eigenvalue weighted by Crippen LogP contribution is 2.46. The summed E-state index contributed by atoms with van der Waals surface area (Å²) in [6, 6.07) is 4.69. The number of carbonyl (C=O) groups is 1. The molecule has 0 radical (unpaired) electrons. The van der Waals surface area contributed by atoms with Crippen molar-refractivity contribution in [3.05, 3.63) is 29.3 Å². The Morgan fingerprint density at radius 3 is 2.77 bits per heavy atom. The number of carbonyl (C=O) groups excluding carboxylic acids is 1. The third kappa shape index (κ3) is 2.48. The summed E-state index contributed by atoms with van der Waals surface area (Å²) in [4.78, 5) is 20.7. The second kappa shape index (κ2) is 5.94. The SMILES string of the molecule is CN1c2cc(C(N)=O)cc(-c3nccs3)c2OC1N1CC2CCC(C1)N2. The Hall–Kier alpha value is -2.16. The summed E-state index contributed by atoms with van der Waals surface area (Å²) in [5, 5.41) is 6.40. The van der Waals surface area contributed by atoms with Gasteiger partial charge in [0.1, 0.15) is 5.01 Å². The van der Waals surface area contributed by atoms with Crippen LogP contribution in [0.15, 0.2) is 23.7 Å². The Kier molecular flexibility index (Phi) is 3.66. The smallest absolute Gasteiger partial charge is 0.248 e. The average Bonchev–Trinajstić information content (AvgIpc) is 3.34. The molecule has 2 fully saturated rings. The van der Waals surface area contributed by atoms with Gasteiger partial charge < -0.3 is 20.7 Å². The minimum Gasteiger partial charge on any atom is -0.454 e. The second-order valence-electron chi connectivity index (χ2n) is 7.22. The van der Waals surface area contributed by atoms with Gasteiger partial charge in [0.15, 0.2) is 5.75 Å². The zero-order chi connectivity index (χ0) is 17.8. The molecule has 26 heavy (non-hydrogen) atoms. The molecule has 3 N–H and O–H groups in total. The quantitative estimate of drug-likeness (QED) is 0.850. The number of hydrogen-bond donors (Lipinski definition) is 2. The highest BCUT2D eigenvalue weighted by Gasteiger charge is 2.41. The lowest BCUT2D eigenvalue weighted by Gasteiger charge is -2.38. The van der Waals surface area contributed by atoms with Crippen LogP contribution >= 0.6 is 11.3 Å². The van der Waals surface area contributed by atoms with Gasteiger partial charge in [0.2, 0.25) is 12.3 Å². The number of primary amides is 1. The lowest BCUT2D eigenvalue weighted by Crippen LogP contribution is -2.58. The van der Waals surface area contributed by atoms with Crippen LogP contribution in [0, 0.1) is 0 Å². The molecule has 8 heteroatoms. The number of nitrogens with zero attached hydrogens (tertiary/aromatic N) is 3. The molecule has 0 saturated carbocycles. The number of amides is 1. The van der Waals surface area contributed by atoms with Gasteiger partial charge in [-0.25, -0.2) is 9.88 Å². The van der Waals surface area contributed by atoms with E-state index in [1.165, 1.54) is 24.2 Å². The molecule has 7 nitrogen and oxygen atoms in total. The average molecular weight is 371 g/mol. The van der Waals surface area contributed by atoms with Crippen LogP contribution in [-0.4, -0.2) is 54.4 Å². The maximum absolute atomic E-state index is 11.8. The highest BCUT2D eigenvalue weighted by molar-refractivity contribution is 7.13. The predicted octanol–water partition coefficient (Wildman–Crippen LogP) is 1.46. The fourth-order valence-electron chi connectivity index (χ4n) is 4.29. The first-order valence-electron chi connectivity index (χ1n) is 8.87. The van der Waals surface area contributed by atoms with Gasteiger partial charge in [-0.15, -0.1) is 11.3 Å². The number of anilines is 1. The third-order valence-electron chi connectivity index (χ3n) is 5.51. The molecule has 3 unspecified atom stereocenters. The fourth-order valence-corrected chi connectivity index (χ4v) is 4.94. The molecule has 2 saturated heterocycles. The van der Waals surface area contributed by atoms with E-state index in [0.29, 0.717) is 17.6 Å². The van der Waals surface area contributed by atoms with Gasteiger partial charge in [0.05, 0.1) is 11.3 Å². The molecule has 3 atom stereocenters. The van der Waals surface area contributed by atoms with Crippen molar-refractivity contribution >= 4 is 22.9 Å². The number of fused-ring (bicyclic) bond motifs is 3. The van der Waals surface area contributed by atoms with E-state index in [2.05, 4.69) is 20.1 Å². The molecule has 0 spiro atoms. The van der Waals surface area contributed by atoms with Crippen molar-refractivity contribution in [1.29, 1.82) is 0 Å². The summed E-state index contributed by atoms with van der Waals surface area (Å²) in [5.74, 6) is 0.339. The summed E-state index contributed by atoms with van der Waals surface area (Å²) in [7, 11) is 2.01. The van der Waals surface area contributed by atoms with Crippen molar-refractivity contribution in [2.45, 2.75) is 31.3 Å². The van der Waals surface area contributed by atoms with Gasteiger partial charge in [0.25, 0.3) is 0 Å². The van der Waals surface area contributed by atoms with Crippen molar-refractivity contribution in [3.8, 4) is 16.3 Å². The third-order valence-corrected chi connectivity index (χ3v) is 6.31. The number of benzene rings is 1. The predicted molar refractivity (Wildman–Crippen MR) is 100 cm³/mol. The van der Waals surface area contributed by atoms with E-state index in [-0.39, 0.29) is 6.35 Å². The van der Waals surface area contributed by atoms with E-state index in [4.69, 9.17) is 10.5 Å². The minimum absolute atomic E-state index is 0.169. The van der Waals surface area contributed by atoms with E-state index < -0.39 is 5.91 Å². The topological polar surface area (TPSA) is 83.7 Å². The zero-order valence-corrected chi connectivity index (χ0v) is 15.3. The van der Waals surface area contributed by atoms with Crippen LogP contribution in [0.5, 0.6) is 5.75 Å². The molecule has 1 aromatic carbocycles. The maximum Gasteiger partial charge on any atom is 0.248 e. The molecular formula is C18H21N5O2S. The van der Waals surface area contributed by atoms with Crippen molar-refractivity contribution < 1.29 is 9.53 Å². The fraction of sp³-hybridized carbons (Fsp3) is 0.444. The van der Waals surface area contributed by atoms with Crippen molar-refractivity contribution in [2.75, 3.05) is 25.0 Å². The van der Waals surface area contributed by atoms with E-state index >= 15 is 0 Å². The number of ether oxygens (including phenoxy) is 1. The molecule has 2 aromatic rings. The Morgan fingerprint density at radius 2 is 2.12 bits per heavy atom. The first kappa shape index (κ1) is 16.0. The van der Waals surface area contributed by atoms with Crippen molar-refractivity contribution in [3.63, 3.8) is 0 Å². The van der Waals surface area contributed by atoms with E-state index in [1.54, 1.807) is 12.3 Å². The lowest BCUT2D eigenvalue weighted by atomic mass is 10.1. The second-order valence-corrected chi connectivity index (χ2v) is 8.11. The van der Waals surface area contributed by atoms with Gasteiger partial charge in [-0.2, -0.15) is 0 Å². The van der Waals surface area contributed by atoms with Crippen LogP contribution in [0.2, 0.25) is 0 Å². The van der Waals surface area contributed by atoms with Gasteiger partial charge in [-0.3, -0.25) is 4.79 Å². The van der Waals surface area contributed by atoms with Crippen LogP contribution in [0.1, 0.15) is 23.2 Å². The largest absolute Gasteiger partial charge is 0.454 e. The number of rotatable bonds is 3. The highest BCUT2D eigenvalue weighted by atomic mass is 32.1. The summed E-state index contributed by atoms with van der Waals surface area (Å²) in [5.41, 5.74) is 7.76. The van der Waals surface area contributed by atoms with Gasteiger partial charge in [-0.05, 0) is 25.0 Å².